The molecule has 0 aliphatic heterocycles. The molecule has 0 aliphatic carbocycles. The van der Waals surface area contributed by atoms with E-state index >= 15 is 0 Å². The van der Waals surface area contributed by atoms with E-state index in [4.69, 9.17) is 26.8 Å². The van der Waals surface area contributed by atoms with Crippen molar-refractivity contribution < 1.29 is 19.1 Å². The number of nitrogens with zero attached hydrogens (tertiary/aromatic N) is 2. The summed E-state index contributed by atoms with van der Waals surface area (Å²) in [6.45, 7) is 0.394. The summed E-state index contributed by atoms with van der Waals surface area (Å²) in [5, 5.41) is 7.12. The van der Waals surface area contributed by atoms with Gasteiger partial charge in [0.25, 0.3) is 5.91 Å². The van der Waals surface area contributed by atoms with Gasteiger partial charge in [-0.3, -0.25) is 14.7 Å². The largest absolute Gasteiger partial charge is 0.497 e. The maximum atomic E-state index is 12.2. The molecule has 0 fully saturated rings. The van der Waals surface area contributed by atoms with Crippen molar-refractivity contribution in [3.8, 4) is 11.5 Å². The van der Waals surface area contributed by atoms with Gasteiger partial charge in [-0.2, -0.15) is 5.10 Å². The molecule has 2 amide bonds. The second-order valence-electron chi connectivity index (χ2n) is 5.31. The molecule has 8 nitrogen and oxygen atoms in total. The molecule has 0 radical (unpaired) electrons. The number of carbonyl (C=O) groups is 2. The van der Waals surface area contributed by atoms with Crippen LogP contribution >= 0.6 is 11.6 Å². The van der Waals surface area contributed by atoms with E-state index in [1.54, 1.807) is 38.4 Å². The van der Waals surface area contributed by atoms with Crippen LogP contribution in [0.25, 0.3) is 0 Å². The maximum Gasteiger partial charge on any atom is 0.274 e. The SMILES string of the molecule is COc1ccc(OCc2cc(C(=O)N(C)CCC(N)=O)n[nH]2)c(Cl)c1. The lowest BCUT2D eigenvalue weighted by atomic mass is 10.3. The van der Waals surface area contributed by atoms with E-state index in [-0.39, 0.29) is 31.2 Å². The molecule has 1 heterocycles. The second-order valence-corrected chi connectivity index (χ2v) is 5.71. The summed E-state index contributed by atoms with van der Waals surface area (Å²) in [5.74, 6) is 0.340. The first-order chi connectivity index (χ1) is 11.9. The van der Waals surface area contributed by atoms with Crippen LogP contribution in [0.1, 0.15) is 22.6 Å². The zero-order valence-electron chi connectivity index (χ0n) is 13.9. The van der Waals surface area contributed by atoms with Crippen LogP contribution in [-0.2, 0) is 11.4 Å². The first-order valence-electron chi connectivity index (χ1n) is 7.45. The summed E-state index contributed by atoms with van der Waals surface area (Å²) in [7, 11) is 3.13. The van der Waals surface area contributed by atoms with Crippen LogP contribution in [0.4, 0.5) is 0 Å². The van der Waals surface area contributed by atoms with Gasteiger partial charge in [-0.05, 0) is 18.2 Å². The van der Waals surface area contributed by atoms with Crippen molar-refractivity contribution >= 4 is 23.4 Å². The maximum absolute atomic E-state index is 12.2. The number of benzene rings is 1. The minimum absolute atomic E-state index is 0.0958. The van der Waals surface area contributed by atoms with E-state index in [1.807, 2.05) is 0 Å². The van der Waals surface area contributed by atoms with Crippen LogP contribution in [0.3, 0.4) is 0 Å². The van der Waals surface area contributed by atoms with E-state index < -0.39 is 5.91 Å². The molecule has 0 bridgehead atoms. The lowest BCUT2D eigenvalue weighted by Crippen LogP contribution is -2.30. The number of carbonyl (C=O) groups excluding carboxylic acids is 2. The third-order valence-electron chi connectivity index (χ3n) is 3.41. The predicted molar refractivity (Wildman–Crippen MR) is 91.7 cm³/mol. The monoisotopic (exact) mass is 366 g/mol. The van der Waals surface area contributed by atoms with Gasteiger partial charge in [0.2, 0.25) is 5.91 Å². The van der Waals surface area contributed by atoms with E-state index in [2.05, 4.69) is 10.2 Å². The quantitative estimate of drug-likeness (QED) is 0.737. The number of nitrogens with one attached hydrogen (secondary N) is 1. The first-order valence-corrected chi connectivity index (χ1v) is 7.83. The Morgan fingerprint density at radius 2 is 2.12 bits per heavy atom. The second kappa shape index (κ2) is 8.39. The molecule has 0 atom stereocenters. The standard InChI is InChI=1S/C16H19ClN4O4/c1-21(6-5-15(18)22)16(23)13-7-10(19-20-13)9-25-14-4-3-11(24-2)8-12(14)17/h3-4,7-8H,5-6,9H2,1-2H3,(H2,18,22)(H,19,20). The van der Waals surface area contributed by atoms with Gasteiger partial charge < -0.3 is 20.1 Å². The molecular formula is C16H19ClN4O4. The summed E-state index contributed by atoms with van der Waals surface area (Å²) in [6, 6.07) is 6.66. The molecule has 0 saturated heterocycles. The number of primary amides is 1. The molecule has 0 spiro atoms. The fourth-order valence-electron chi connectivity index (χ4n) is 2.00. The average molecular weight is 367 g/mol. The fourth-order valence-corrected chi connectivity index (χ4v) is 2.23. The fraction of sp³-hybridized carbons (Fsp3) is 0.312. The number of aromatic amines is 1. The van der Waals surface area contributed by atoms with E-state index in [1.165, 1.54) is 4.90 Å². The van der Waals surface area contributed by atoms with Gasteiger partial charge in [-0.25, -0.2) is 0 Å². The number of halogens is 1. The van der Waals surface area contributed by atoms with Crippen LogP contribution < -0.4 is 15.2 Å². The molecule has 25 heavy (non-hydrogen) atoms. The highest BCUT2D eigenvalue weighted by atomic mass is 35.5. The van der Waals surface area contributed by atoms with E-state index in [0.717, 1.165) is 0 Å². The summed E-state index contributed by atoms with van der Waals surface area (Å²) in [4.78, 5) is 24.3. The zero-order valence-corrected chi connectivity index (χ0v) is 14.7. The first kappa shape index (κ1) is 18.6. The van der Waals surface area contributed by atoms with Gasteiger partial charge in [0.1, 0.15) is 18.1 Å². The highest BCUT2D eigenvalue weighted by Crippen LogP contribution is 2.29. The summed E-state index contributed by atoms with van der Waals surface area (Å²) in [5.41, 5.74) is 5.91. The molecule has 0 aliphatic rings. The number of aromatic nitrogens is 2. The van der Waals surface area contributed by atoms with Crippen molar-refractivity contribution in [2.75, 3.05) is 20.7 Å². The number of nitrogens with two attached hydrogens (primary N) is 1. The number of ether oxygens (including phenoxy) is 2. The summed E-state index contributed by atoms with van der Waals surface area (Å²) < 4.78 is 10.7. The minimum Gasteiger partial charge on any atom is -0.497 e. The average Bonchev–Trinajstić information content (AvgIpc) is 3.06. The van der Waals surface area contributed by atoms with Crippen molar-refractivity contribution in [3.63, 3.8) is 0 Å². The van der Waals surface area contributed by atoms with Gasteiger partial charge in [-0.15, -0.1) is 0 Å². The smallest absolute Gasteiger partial charge is 0.274 e. The molecule has 2 rings (SSSR count). The van der Waals surface area contributed by atoms with E-state index in [0.29, 0.717) is 22.2 Å². The number of methoxy groups -OCH3 is 1. The molecule has 1 aromatic carbocycles. The lowest BCUT2D eigenvalue weighted by Gasteiger charge is -2.14. The molecule has 1 aromatic heterocycles. The van der Waals surface area contributed by atoms with Crippen LogP contribution in [0.15, 0.2) is 24.3 Å². The topological polar surface area (TPSA) is 111 Å². The Morgan fingerprint density at radius 3 is 2.76 bits per heavy atom. The van der Waals surface area contributed by atoms with Gasteiger partial charge in [-0.1, -0.05) is 11.6 Å². The Kier molecular flexibility index (Phi) is 6.24. The Bertz CT molecular complexity index is 762. The van der Waals surface area contributed by atoms with Crippen molar-refractivity contribution in [3.05, 3.63) is 40.7 Å². The Morgan fingerprint density at radius 1 is 1.36 bits per heavy atom. The van der Waals surface area contributed by atoms with Gasteiger partial charge in [0, 0.05) is 26.1 Å². The van der Waals surface area contributed by atoms with Crippen molar-refractivity contribution in [1.82, 2.24) is 15.1 Å². The molecule has 0 saturated carbocycles. The number of H-pyrrole nitrogens is 1. The highest BCUT2D eigenvalue weighted by Gasteiger charge is 2.16. The molecule has 3 N–H and O–H groups in total. The van der Waals surface area contributed by atoms with Crippen molar-refractivity contribution in [2.24, 2.45) is 5.73 Å². The molecule has 2 aromatic rings. The molecule has 9 heteroatoms. The van der Waals surface area contributed by atoms with Crippen LogP contribution in [0, 0.1) is 0 Å². The van der Waals surface area contributed by atoms with Crippen LogP contribution in [-0.4, -0.2) is 47.6 Å². The summed E-state index contributed by atoms with van der Waals surface area (Å²) in [6.07, 6.45) is 0.0958. The predicted octanol–water partition coefficient (Wildman–Crippen LogP) is 1.60. The molecule has 134 valence electrons. The number of hydrogen-bond acceptors (Lipinski definition) is 5. The minimum atomic E-state index is -0.466. The van der Waals surface area contributed by atoms with E-state index in [9.17, 15) is 9.59 Å². The zero-order chi connectivity index (χ0) is 18.4. The highest BCUT2D eigenvalue weighted by molar-refractivity contribution is 6.32. The lowest BCUT2D eigenvalue weighted by molar-refractivity contribution is -0.118. The van der Waals surface area contributed by atoms with Crippen LogP contribution in [0.2, 0.25) is 5.02 Å². The van der Waals surface area contributed by atoms with Gasteiger partial charge >= 0.3 is 0 Å². The molecular weight excluding hydrogens is 348 g/mol. The Labute approximate surface area is 149 Å². The van der Waals surface area contributed by atoms with Crippen molar-refractivity contribution in [1.29, 1.82) is 0 Å². The van der Waals surface area contributed by atoms with Crippen LogP contribution in [0.5, 0.6) is 11.5 Å². The van der Waals surface area contributed by atoms with Gasteiger partial charge in [0.15, 0.2) is 5.69 Å². The van der Waals surface area contributed by atoms with Crippen molar-refractivity contribution in [2.45, 2.75) is 13.0 Å². The Balaban J connectivity index is 1.95. The Hall–Kier alpha value is -2.74. The number of amides is 2. The third kappa shape index (κ3) is 5.12. The molecule has 0 unspecified atom stereocenters. The normalized spacial score (nSPS) is 10.4. The summed E-state index contributed by atoms with van der Waals surface area (Å²) >= 11 is 6.10. The number of rotatable bonds is 8. The number of hydrogen-bond donors (Lipinski definition) is 2. The third-order valence-corrected chi connectivity index (χ3v) is 3.71. The van der Waals surface area contributed by atoms with Gasteiger partial charge in [0.05, 0.1) is 17.8 Å².